The highest BCUT2D eigenvalue weighted by Crippen LogP contribution is 2.22. The van der Waals surface area contributed by atoms with Crippen molar-refractivity contribution in [2.24, 2.45) is 0 Å². The lowest BCUT2D eigenvalue weighted by Gasteiger charge is -2.21. The minimum absolute atomic E-state index is 0.0699. The molecule has 5 heteroatoms. The maximum absolute atomic E-state index is 13.1. The summed E-state index contributed by atoms with van der Waals surface area (Å²) in [5, 5.41) is -0.0699. The second-order valence-corrected chi connectivity index (χ2v) is 4.68. The van der Waals surface area contributed by atoms with Gasteiger partial charge in [-0.25, -0.2) is 4.39 Å². The fraction of sp³-hybridized carbons (Fsp3) is 0.133. The molecular formula is C15H14ClFN2O. The number of benzene rings is 2. The van der Waals surface area contributed by atoms with Crippen molar-refractivity contribution in [1.29, 1.82) is 0 Å². The summed E-state index contributed by atoms with van der Waals surface area (Å²) in [7, 11) is 0. The molecule has 1 amide bonds. The number of anilines is 2. The van der Waals surface area contributed by atoms with Crippen LogP contribution in [0, 0.1) is 5.82 Å². The molecule has 0 saturated heterocycles. The predicted molar refractivity (Wildman–Crippen MR) is 79.6 cm³/mol. The second-order valence-electron chi connectivity index (χ2n) is 4.27. The first kappa shape index (κ1) is 14.3. The van der Waals surface area contributed by atoms with Crippen LogP contribution in [0.1, 0.15) is 17.3 Å². The molecule has 0 saturated carbocycles. The van der Waals surface area contributed by atoms with Crippen LogP contribution in [0.4, 0.5) is 15.8 Å². The number of amides is 1. The van der Waals surface area contributed by atoms with Gasteiger partial charge >= 0.3 is 0 Å². The molecule has 0 aliphatic heterocycles. The van der Waals surface area contributed by atoms with Crippen molar-refractivity contribution in [3.63, 3.8) is 0 Å². The first-order valence-corrected chi connectivity index (χ1v) is 6.53. The van der Waals surface area contributed by atoms with Gasteiger partial charge in [-0.2, -0.15) is 0 Å². The molecule has 0 atom stereocenters. The van der Waals surface area contributed by atoms with Crippen molar-refractivity contribution in [3.8, 4) is 0 Å². The van der Waals surface area contributed by atoms with Crippen molar-refractivity contribution < 1.29 is 9.18 Å². The minimum Gasteiger partial charge on any atom is -0.399 e. The van der Waals surface area contributed by atoms with Crippen LogP contribution in [0.2, 0.25) is 5.02 Å². The Balaban J connectivity index is 2.36. The highest BCUT2D eigenvalue weighted by Gasteiger charge is 2.17. The van der Waals surface area contributed by atoms with E-state index in [1.54, 1.807) is 29.2 Å². The molecule has 0 unspecified atom stereocenters. The van der Waals surface area contributed by atoms with Gasteiger partial charge in [0.05, 0.1) is 5.02 Å². The summed E-state index contributed by atoms with van der Waals surface area (Å²) in [5.41, 5.74) is 7.33. The molecule has 104 valence electrons. The van der Waals surface area contributed by atoms with Crippen molar-refractivity contribution >= 4 is 28.9 Å². The smallest absolute Gasteiger partial charge is 0.258 e. The van der Waals surface area contributed by atoms with Crippen molar-refractivity contribution in [2.45, 2.75) is 6.92 Å². The van der Waals surface area contributed by atoms with Crippen molar-refractivity contribution in [3.05, 3.63) is 58.9 Å². The number of carbonyl (C=O) groups is 1. The van der Waals surface area contributed by atoms with Crippen molar-refractivity contribution in [1.82, 2.24) is 0 Å². The molecule has 0 bridgehead atoms. The van der Waals surface area contributed by atoms with Gasteiger partial charge in [0.15, 0.2) is 0 Å². The first-order valence-electron chi connectivity index (χ1n) is 6.15. The number of rotatable bonds is 3. The first-order chi connectivity index (χ1) is 9.52. The summed E-state index contributed by atoms with van der Waals surface area (Å²) in [4.78, 5) is 14.0. The number of hydrogen-bond acceptors (Lipinski definition) is 2. The highest BCUT2D eigenvalue weighted by atomic mass is 35.5. The summed E-state index contributed by atoms with van der Waals surface area (Å²) < 4.78 is 13.1. The topological polar surface area (TPSA) is 46.3 Å². The number of nitrogens with two attached hydrogens (primary N) is 1. The van der Waals surface area contributed by atoms with E-state index in [0.717, 1.165) is 0 Å². The standard InChI is InChI=1S/C15H14ClFN2O/c1-2-19(12-5-3-4-11(18)9-12)15(20)10-6-7-14(17)13(16)8-10/h3-9H,2,18H2,1H3. The predicted octanol–water partition coefficient (Wildman–Crippen LogP) is 3.73. The van der Waals surface area contributed by atoms with Crippen LogP contribution in [0.3, 0.4) is 0 Å². The van der Waals surface area contributed by atoms with Gasteiger partial charge in [0.25, 0.3) is 5.91 Å². The monoisotopic (exact) mass is 292 g/mol. The molecule has 3 nitrogen and oxygen atoms in total. The number of hydrogen-bond donors (Lipinski definition) is 1. The molecule has 0 aromatic heterocycles. The molecule has 2 aromatic carbocycles. The quantitative estimate of drug-likeness (QED) is 0.876. The van der Waals surface area contributed by atoms with E-state index < -0.39 is 5.82 Å². The Bertz CT molecular complexity index is 646. The molecular weight excluding hydrogens is 279 g/mol. The zero-order valence-electron chi connectivity index (χ0n) is 10.9. The second kappa shape index (κ2) is 5.92. The maximum atomic E-state index is 13.1. The van der Waals surface area contributed by atoms with Crippen LogP contribution in [-0.4, -0.2) is 12.5 Å². The van der Waals surface area contributed by atoms with Gasteiger partial charge in [-0.1, -0.05) is 17.7 Å². The molecule has 0 aliphatic rings. The third-order valence-electron chi connectivity index (χ3n) is 2.91. The third-order valence-corrected chi connectivity index (χ3v) is 3.20. The summed E-state index contributed by atoms with van der Waals surface area (Å²) in [5.74, 6) is -0.796. The molecule has 2 aromatic rings. The number of nitrogen functional groups attached to an aromatic ring is 1. The SMILES string of the molecule is CCN(C(=O)c1ccc(F)c(Cl)c1)c1cccc(N)c1. The van der Waals surface area contributed by atoms with E-state index in [-0.39, 0.29) is 10.9 Å². The van der Waals surface area contributed by atoms with Gasteiger partial charge in [0.2, 0.25) is 0 Å². The lowest BCUT2D eigenvalue weighted by molar-refractivity contribution is 0.0988. The Morgan fingerprint density at radius 1 is 1.30 bits per heavy atom. The van der Waals surface area contributed by atoms with E-state index >= 15 is 0 Å². The third kappa shape index (κ3) is 2.91. The molecule has 0 aliphatic carbocycles. The molecule has 0 fully saturated rings. The van der Waals surface area contributed by atoms with E-state index in [0.29, 0.717) is 23.5 Å². The van der Waals surface area contributed by atoms with Crippen LogP contribution in [0.5, 0.6) is 0 Å². The Kier molecular flexibility index (Phi) is 4.25. The average Bonchev–Trinajstić information content (AvgIpc) is 2.42. The Morgan fingerprint density at radius 3 is 2.65 bits per heavy atom. The molecule has 0 radical (unpaired) electrons. The minimum atomic E-state index is -0.546. The van der Waals surface area contributed by atoms with E-state index in [1.807, 2.05) is 6.92 Å². The van der Waals surface area contributed by atoms with Gasteiger partial charge < -0.3 is 10.6 Å². The number of carbonyl (C=O) groups excluding carboxylic acids is 1. The fourth-order valence-corrected chi connectivity index (χ4v) is 2.10. The Labute approximate surface area is 121 Å². The van der Waals surface area contributed by atoms with Gasteiger partial charge in [-0.05, 0) is 43.3 Å². The molecule has 2 rings (SSSR count). The summed E-state index contributed by atoms with van der Waals surface area (Å²) in [6.07, 6.45) is 0. The Hall–Kier alpha value is -2.07. The van der Waals surface area contributed by atoms with Crippen LogP contribution < -0.4 is 10.6 Å². The Morgan fingerprint density at radius 2 is 2.05 bits per heavy atom. The van der Waals surface area contributed by atoms with Gasteiger partial charge in [0.1, 0.15) is 5.82 Å². The molecule has 0 heterocycles. The van der Waals surface area contributed by atoms with E-state index in [4.69, 9.17) is 17.3 Å². The van der Waals surface area contributed by atoms with E-state index in [9.17, 15) is 9.18 Å². The average molecular weight is 293 g/mol. The highest BCUT2D eigenvalue weighted by molar-refractivity contribution is 6.31. The largest absolute Gasteiger partial charge is 0.399 e. The van der Waals surface area contributed by atoms with Crippen LogP contribution in [-0.2, 0) is 0 Å². The zero-order chi connectivity index (χ0) is 14.7. The lowest BCUT2D eigenvalue weighted by Crippen LogP contribution is -2.30. The van der Waals surface area contributed by atoms with Gasteiger partial charge in [0, 0.05) is 23.5 Å². The molecule has 0 spiro atoms. The zero-order valence-corrected chi connectivity index (χ0v) is 11.7. The summed E-state index contributed by atoms with van der Waals surface area (Å²) >= 11 is 5.71. The van der Waals surface area contributed by atoms with Crippen molar-refractivity contribution in [2.75, 3.05) is 17.2 Å². The normalized spacial score (nSPS) is 10.3. The summed E-state index contributed by atoms with van der Waals surface area (Å²) in [6, 6.07) is 11.0. The van der Waals surface area contributed by atoms with Crippen LogP contribution in [0.25, 0.3) is 0 Å². The van der Waals surface area contributed by atoms with Crippen LogP contribution in [0.15, 0.2) is 42.5 Å². The molecule has 2 N–H and O–H groups in total. The number of halogens is 2. The van der Waals surface area contributed by atoms with E-state index in [1.165, 1.54) is 18.2 Å². The maximum Gasteiger partial charge on any atom is 0.258 e. The van der Waals surface area contributed by atoms with Crippen LogP contribution >= 0.6 is 11.6 Å². The van der Waals surface area contributed by atoms with E-state index in [2.05, 4.69) is 0 Å². The lowest BCUT2D eigenvalue weighted by atomic mass is 10.1. The molecule has 20 heavy (non-hydrogen) atoms. The van der Waals surface area contributed by atoms with Gasteiger partial charge in [-0.15, -0.1) is 0 Å². The summed E-state index contributed by atoms with van der Waals surface area (Å²) in [6.45, 7) is 2.32. The number of nitrogens with zero attached hydrogens (tertiary/aromatic N) is 1. The fourth-order valence-electron chi connectivity index (χ4n) is 1.92. The van der Waals surface area contributed by atoms with Gasteiger partial charge in [-0.3, -0.25) is 4.79 Å².